The van der Waals surface area contributed by atoms with Crippen molar-refractivity contribution >= 4 is 12.0 Å². The van der Waals surface area contributed by atoms with Crippen molar-refractivity contribution in [2.75, 3.05) is 26.2 Å². The zero-order valence-electron chi connectivity index (χ0n) is 12.2. The second kappa shape index (κ2) is 6.74. The van der Waals surface area contributed by atoms with E-state index < -0.39 is 0 Å². The molecule has 2 rings (SSSR count). The Morgan fingerprint density at radius 1 is 1.45 bits per heavy atom. The van der Waals surface area contributed by atoms with E-state index in [1.54, 1.807) is 6.92 Å². The van der Waals surface area contributed by atoms with E-state index in [0.717, 1.165) is 13.0 Å². The lowest BCUT2D eigenvalue weighted by molar-refractivity contribution is -0.138. The average Bonchev–Trinajstić information content (AvgIpc) is 2.42. The minimum atomic E-state index is -0.348. The summed E-state index contributed by atoms with van der Waals surface area (Å²) in [5.41, 5.74) is 1.21. The van der Waals surface area contributed by atoms with Gasteiger partial charge in [-0.15, -0.1) is 0 Å². The van der Waals surface area contributed by atoms with Gasteiger partial charge in [-0.25, -0.2) is 9.59 Å². The summed E-state index contributed by atoms with van der Waals surface area (Å²) in [6.07, 6.45) is 3.57. The van der Waals surface area contributed by atoms with Gasteiger partial charge < -0.3 is 15.4 Å². The quantitative estimate of drug-likeness (QED) is 0.754. The molecular weight excluding hydrogens is 258 g/mol. The monoisotopic (exact) mass is 281 g/mol. The molecule has 2 heterocycles. The molecule has 0 bridgehead atoms. The maximum absolute atomic E-state index is 11.9. The lowest BCUT2D eigenvalue weighted by Gasteiger charge is -2.35. The fourth-order valence-corrected chi connectivity index (χ4v) is 2.68. The first-order valence-electron chi connectivity index (χ1n) is 7.30. The molecule has 0 spiro atoms. The molecule has 2 N–H and O–H groups in total. The Kier molecular flexibility index (Phi) is 5.00. The van der Waals surface area contributed by atoms with E-state index in [-0.39, 0.29) is 18.5 Å². The summed E-state index contributed by atoms with van der Waals surface area (Å²) >= 11 is 0. The van der Waals surface area contributed by atoms with Gasteiger partial charge in [0.2, 0.25) is 0 Å². The number of nitrogens with one attached hydrogen (secondary N) is 2. The summed E-state index contributed by atoms with van der Waals surface area (Å²) in [6, 6.07) is 0.226. The van der Waals surface area contributed by atoms with Crippen molar-refractivity contribution < 1.29 is 14.3 Å². The van der Waals surface area contributed by atoms with Crippen LogP contribution in [0.4, 0.5) is 4.79 Å². The van der Waals surface area contributed by atoms with Gasteiger partial charge in [-0.2, -0.15) is 0 Å². The van der Waals surface area contributed by atoms with Gasteiger partial charge in [-0.05, 0) is 33.2 Å². The molecule has 0 aromatic carbocycles. The van der Waals surface area contributed by atoms with Crippen molar-refractivity contribution in [1.29, 1.82) is 0 Å². The van der Waals surface area contributed by atoms with Gasteiger partial charge in [0.05, 0.1) is 18.7 Å². The van der Waals surface area contributed by atoms with Gasteiger partial charge in [0.25, 0.3) is 0 Å². The molecular formula is C14H23N3O3. The standard InChI is InChI=1S/C14H23N3O3/c1-3-20-13(18)11-8-15-14(19)16-12(11)9-17-7-5-4-6-10(17)2/h10H,3-9H2,1-2H3,(H2,15,16,19). The van der Waals surface area contributed by atoms with Crippen LogP contribution in [-0.4, -0.2) is 49.2 Å². The Hall–Kier alpha value is -1.56. The molecule has 0 aromatic rings. The Labute approximate surface area is 119 Å². The number of urea groups is 1. The highest BCUT2D eigenvalue weighted by Gasteiger charge is 2.27. The van der Waals surface area contributed by atoms with Crippen molar-refractivity contribution in [3.63, 3.8) is 0 Å². The molecule has 2 aliphatic rings. The third-order valence-electron chi connectivity index (χ3n) is 3.88. The molecule has 6 nitrogen and oxygen atoms in total. The number of amides is 2. The van der Waals surface area contributed by atoms with Crippen molar-refractivity contribution in [3.05, 3.63) is 11.3 Å². The maximum atomic E-state index is 11.9. The van der Waals surface area contributed by atoms with Gasteiger partial charge >= 0.3 is 12.0 Å². The van der Waals surface area contributed by atoms with Crippen molar-refractivity contribution in [2.24, 2.45) is 0 Å². The number of hydrogen-bond donors (Lipinski definition) is 2. The normalized spacial score (nSPS) is 24.1. The Bertz CT molecular complexity index is 420. The van der Waals surface area contributed by atoms with Crippen LogP contribution in [0.5, 0.6) is 0 Å². The number of hydrogen-bond acceptors (Lipinski definition) is 4. The van der Waals surface area contributed by atoms with E-state index in [2.05, 4.69) is 22.5 Å². The molecule has 6 heteroatoms. The summed E-state index contributed by atoms with van der Waals surface area (Å²) in [4.78, 5) is 25.8. The molecule has 20 heavy (non-hydrogen) atoms. The van der Waals surface area contributed by atoms with Gasteiger partial charge in [-0.3, -0.25) is 4.90 Å². The Balaban J connectivity index is 2.13. The maximum Gasteiger partial charge on any atom is 0.337 e. The van der Waals surface area contributed by atoms with E-state index in [9.17, 15) is 9.59 Å². The van der Waals surface area contributed by atoms with Gasteiger partial charge in [-0.1, -0.05) is 6.42 Å². The topological polar surface area (TPSA) is 70.7 Å². The lowest BCUT2D eigenvalue weighted by Crippen LogP contribution is -2.48. The number of carbonyl (C=O) groups excluding carboxylic acids is 2. The van der Waals surface area contributed by atoms with Crippen LogP contribution in [0, 0.1) is 0 Å². The second-order valence-corrected chi connectivity index (χ2v) is 5.30. The smallest absolute Gasteiger partial charge is 0.337 e. The van der Waals surface area contributed by atoms with Crippen molar-refractivity contribution in [3.8, 4) is 0 Å². The van der Waals surface area contributed by atoms with E-state index in [1.165, 1.54) is 12.8 Å². The van der Waals surface area contributed by atoms with E-state index >= 15 is 0 Å². The number of piperidine rings is 1. The van der Waals surface area contributed by atoms with Crippen LogP contribution in [0.2, 0.25) is 0 Å². The third kappa shape index (κ3) is 3.50. The molecule has 112 valence electrons. The van der Waals surface area contributed by atoms with Crippen LogP contribution in [0.1, 0.15) is 33.1 Å². The van der Waals surface area contributed by atoms with E-state index in [1.807, 2.05) is 0 Å². The van der Waals surface area contributed by atoms with Gasteiger partial charge in [0.1, 0.15) is 0 Å². The SMILES string of the molecule is CCOC(=O)C1=C(CN2CCCCC2C)NC(=O)NC1. The number of rotatable bonds is 4. The summed E-state index contributed by atoms with van der Waals surface area (Å²) in [6.45, 7) is 6.14. The minimum Gasteiger partial charge on any atom is -0.463 e. The zero-order valence-corrected chi connectivity index (χ0v) is 12.2. The second-order valence-electron chi connectivity index (χ2n) is 5.30. The highest BCUT2D eigenvalue weighted by molar-refractivity contribution is 5.93. The highest BCUT2D eigenvalue weighted by Crippen LogP contribution is 2.19. The fourth-order valence-electron chi connectivity index (χ4n) is 2.68. The molecule has 0 saturated carbocycles. The first-order valence-corrected chi connectivity index (χ1v) is 7.30. The molecule has 1 fully saturated rings. The van der Waals surface area contributed by atoms with Crippen LogP contribution in [-0.2, 0) is 9.53 Å². The molecule has 0 radical (unpaired) electrons. The molecule has 0 aromatic heterocycles. The number of carbonyl (C=O) groups is 2. The molecule has 1 atom stereocenters. The summed E-state index contributed by atoms with van der Waals surface area (Å²) in [7, 11) is 0. The van der Waals surface area contributed by atoms with Crippen molar-refractivity contribution in [2.45, 2.75) is 39.2 Å². The number of likely N-dealkylation sites (tertiary alicyclic amines) is 1. The average molecular weight is 281 g/mol. The number of nitrogens with zero attached hydrogens (tertiary/aromatic N) is 1. The van der Waals surface area contributed by atoms with E-state index in [0.29, 0.717) is 30.5 Å². The molecule has 1 saturated heterocycles. The molecule has 2 amide bonds. The van der Waals surface area contributed by atoms with Crippen LogP contribution < -0.4 is 10.6 Å². The fraction of sp³-hybridized carbons (Fsp3) is 0.714. The van der Waals surface area contributed by atoms with E-state index in [4.69, 9.17) is 4.74 Å². The van der Waals surface area contributed by atoms with Crippen LogP contribution >= 0.6 is 0 Å². The van der Waals surface area contributed by atoms with Crippen LogP contribution in [0.25, 0.3) is 0 Å². The zero-order chi connectivity index (χ0) is 14.5. The summed E-state index contributed by atoms with van der Waals surface area (Å²) in [5, 5.41) is 5.38. The Morgan fingerprint density at radius 2 is 2.25 bits per heavy atom. The number of esters is 1. The first kappa shape index (κ1) is 14.8. The largest absolute Gasteiger partial charge is 0.463 e. The first-order chi connectivity index (χ1) is 9.61. The predicted octanol–water partition coefficient (Wildman–Crippen LogP) is 0.991. The minimum absolute atomic E-state index is 0.238. The number of ether oxygens (including phenoxy) is 1. The molecule has 1 unspecified atom stereocenters. The van der Waals surface area contributed by atoms with Crippen LogP contribution in [0.3, 0.4) is 0 Å². The highest BCUT2D eigenvalue weighted by atomic mass is 16.5. The molecule has 0 aliphatic carbocycles. The van der Waals surface area contributed by atoms with Gasteiger partial charge in [0, 0.05) is 18.3 Å². The lowest BCUT2D eigenvalue weighted by atomic mass is 10.0. The van der Waals surface area contributed by atoms with Crippen molar-refractivity contribution in [1.82, 2.24) is 15.5 Å². The predicted molar refractivity (Wildman–Crippen MR) is 75.1 cm³/mol. The summed E-state index contributed by atoms with van der Waals surface area (Å²) < 4.78 is 5.06. The Morgan fingerprint density at radius 3 is 2.95 bits per heavy atom. The summed E-state index contributed by atoms with van der Waals surface area (Å²) in [5.74, 6) is -0.348. The third-order valence-corrected chi connectivity index (χ3v) is 3.88. The van der Waals surface area contributed by atoms with Gasteiger partial charge in [0.15, 0.2) is 0 Å². The molecule has 2 aliphatic heterocycles. The van der Waals surface area contributed by atoms with Crippen LogP contribution in [0.15, 0.2) is 11.3 Å².